The number of carbonyl (C=O) groups excluding carboxylic acids is 1. The molecule has 98 valence electrons. The van der Waals surface area contributed by atoms with Crippen molar-refractivity contribution in [2.24, 2.45) is 10.9 Å². The molecule has 0 spiro atoms. The summed E-state index contributed by atoms with van der Waals surface area (Å²) >= 11 is 1.57. The predicted molar refractivity (Wildman–Crippen MR) is 67.8 cm³/mol. The minimum atomic E-state index is -0.518. The molecule has 1 aliphatic heterocycles. The van der Waals surface area contributed by atoms with Crippen LogP contribution in [0.1, 0.15) is 5.56 Å². The summed E-state index contributed by atoms with van der Waals surface area (Å²) in [6.07, 6.45) is -0.137. The first-order valence-electron chi connectivity index (χ1n) is 5.58. The molecule has 1 aliphatic rings. The summed E-state index contributed by atoms with van der Waals surface area (Å²) < 4.78 is 5.34. The maximum atomic E-state index is 12.1. The normalized spacial score (nSPS) is 21.0. The van der Waals surface area contributed by atoms with Gasteiger partial charge in [-0.05, 0) is 22.4 Å². The van der Waals surface area contributed by atoms with Crippen LogP contribution in [-0.4, -0.2) is 47.7 Å². The number of morpholine rings is 1. The van der Waals surface area contributed by atoms with Gasteiger partial charge in [-0.1, -0.05) is 5.16 Å². The summed E-state index contributed by atoms with van der Waals surface area (Å²) in [5, 5.41) is 15.4. The minimum absolute atomic E-state index is 0.00281. The van der Waals surface area contributed by atoms with E-state index in [1.54, 1.807) is 16.2 Å². The lowest BCUT2D eigenvalue weighted by Gasteiger charge is -2.32. The van der Waals surface area contributed by atoms with Crippen LogP contribution in [0.15, 0.2) is 22.0 Å². The molecule has 1 aromatic rings. The molecule has 0 bridgehead atoms. The van der Waals surface area contributed by atoms with E-state index in [1.165, 1.54) is 0 Å². The largest absolute Gasteiger partial charge is 0.409 e. The third-order valence-corrected chi connectivity index (χ3v) is 3.53. The molecule has 6 nitrogen and oxygen atoms in total. The van der Waals surface area contributed by atoms with Gasteiger partial charge >= 0.3 is 0 Å². The molecule has 3 N–H and O–H groups in total. The van der Waals surface area contributed by atoms with Crippen LogP contribution in [0.5, 0.6) is 0 Å². The summed E-state index contributed by atoms with van der Waals surface area (Å²) in [5.41, 5.74) is 6.50. The van der Waals surface area contributed by atoms with E-state index in [0.717, 1.165) is 5.56 Å². The molecule has 2 rings (SSSR count). The number of rotatable bonds is 3. The Balaban J connectivity index is 1.94. The zero-order chi connectivity index (χ0) is 13.0. The van der Waals surface area contributed by atoms with Gasteiger partial charge in [0, 0.05) is 6.54 Å². The fourth-order valence-electron chi connectivity index (χ4n) is 1.80. The average molecular weight is 269 g/mol. The van der Waals surface area contributed by atoms with Gasteiger partial charge in [-0.2, -0.15) is 11.3 Å². The summed E-state index contributed by atoms with van der Waals surface area (Å²) in [4.78, 5) is 13.7. The second kappa shape index (κ2) is 5.83. The Kier molecular flexibility index (Phi) is 4.16. The van der Waals surface area contributed by atoms with Gasteiger partial charge in [-0.25, -0.2) is 0 Å². The Bertz CT molecular complexity index is 433. The Morgan fingerprint density at radius 2 is 2.56 bits per heavy atom. The van der Waals surface area contributed by atoms with Gasteiger partial charge in [0.1, 0.15) is 6.10 Å². The smallest absolute Gasteiger partial charge is 0.227 e. The molecule has 1 atom stereocenters. The van der Waals surface area contributed by atoms with E-state index < -0.39 is 6.10 Å². The first-order valence-corrected chi connectivity index (χ1v) is 6.53. The van der Waals surface area contributed by atoms with Crippen molar-refractivity contribution in [2.75, 3.05) is 19.7 Å². The molecule has 1 fully saturated rings. The van der Waals surface area contributed by atoms with Gasteiger partial charge in [0.2, 0.25) is 5.91 Å². The molecule has 1 saturated heterocycles. The maximum Gasteiger partial charge on any atom is 0.227 e. The van der Waals surface area contributed by atoms with Crippen molar-refractivity contribution < 1.29 is 14.7 Å². The van der Waals surface area contributed by atoms with Gasteiger partial charge < -0.3 is 20.6 Å². The lowest BCUT2D eigenvalue weighted by atomic mass is 10.2. The number of nitrogens with two attached hydrogens (primary N) is 1. The number of amidine groups is 1. The van der Waals surface area contributed by atoms with Crippen molar-refractivity contribution in [2.45, 2.75) is 12.5 Å². The van der Waals surface area contributed by atoms with Crippen LogP contribution in [0.3, 0.4) is 0 Å². The van der Waals surface area contributed by atoms with Crippen LogP contribution in [0.2, 0.25) is 0 Å². The van der Waals surface area contributed by atoms with E-state index in [4.69, 9.17) is 15.7 Å². The predicted octanol–water partition coefficient (Wildman–Crippen LogP) is 0.264. The number of hydrogen-bond donors (Lipinski definition) is 2. The molecule has 18 heavy (non-hydrogen) atoms. The van der Waals surface area contributed by atoms with E-state index in [2.05, 4.69) is 5.16 Å². The molecule has 0 saturated carbocycles. The third-order valence-electron chi connectivity index (χ3n) is 2.80. The number of thiophene rings is 1. The molecule has 2 heterocycles. The minimum Gasteiger partial charge on any atom is -0.409 e. The molecule has 7 heteroatoms. The molecular weight excluding hydrogens is 254 g/mol. The van der Waals surface area contributed by atoms with Crippen LogP contribution in [0, 0.1) is 0 Å². The quantitative estimate of drug-likeness (QED) is 0.357. The van der Waals surface area contributed by atoms with E-state index in [1.807, 2.05) is 16.8 Å². The number of hydrogen-bond acceptors (Lipinski definition) is 5. The van der Waals surface area contributed by atoms with Crippen LogP contribution in [0.25, 0.3) is 0 Å². The van der Waals surface area contributed by atoms with Gasteiger partial charge in [0.05, 0.1) is 19.6 Å². The van der Waals surface area contributed by atoms with Crippen LogP contribution in [0.4, 0.5) is 0 Å². The highest BCUT2D eigenvalue weighted by molar-refractivity contribution is 7.07. The highest BCUT2D eigenvalue weighted by Gasteiger charge is 2.26. The Labute approximate surface area is 109 Å². The fraction of sp³-hybridized carbons (Fsp3) is 0.455. The maximum absolute atomic E-state index is 12.1. The summed E-state index contributed by atoms with van der Waals surface area (Å²) in [6, 6.07) is 1.93. The molecule has 0 aromatic carbocycles. The highest BCUT2D eigenvalue weighted by Crippen LogP contribution is 2.11. The molecule has 1 unspecified atom stereocenters. The fourth-order valence-corrected chi connectivity index (χ4v) is 2.47. The van der Waals surface area contributed by atoms with Crippen molar-refractivity contribution in [1.29, 1.82) is 0 Å². The lowest BCUT2D eigenvalue weighted by Crippen LogP contribution is -2.50. The lowest BCUT2D eigenvalue weighted by molar-refractivity contribution is -0.135. The number of oxime groups is 1. The number of ether oxygens (including phenoxy) is 1. The molecule has 1 amide bonds. The number of amides is 1. The Hall–Kier alpha value is -1.60. The second-order valence-corrected chi connectivity index (χ2v) is 4.81. The first-order chi connectivity index (χ1) is 8.70. The SMILES string of the molecule is NC(=NO)C1CN(C(=O)Cc2ccsc2)CCO1. The highest BCUT2D eigenvalue weighted by atomic mass is 32.1. The Morgan fingerprint density at radius 1 is 1.72 bits per heavy atom. The summed E-state index contributed by atoms with van der Waals surface area (Å²) in [5.74, 6) is 0.0375. The van der Waals surface area contributed by atoms with Crippen LogP contribution < -0.4 is 5.73 Å². The number of carbonyl (C=O) groups is 1. The summed E-state index contributed by atoms with van der Waals surface area (Å²) in [6.45, 7) is 1.27. The van der Waals surface area contributed by atoms with Gasteiger partial charge in [-0.15, -0.1) is 0 Å². The van der Waals surface area contributed by atoms with Crippen molar-refractivity contribution in [1.82, 2.24) is 4.90 Å². The van der Waals surface area contributed by atoms with Crippen molar-refractivity contribution >= 4 is 23.1 Å². The van der Waals surface area contributed by atoms with Gasteiger partial charge in [0.15, 0.2) is 5.84 Å². The van der Waals surface area contributed by atoms with Gasteiger partial charge in [0.25, 0.3) is 0 Å². The molecule has 0 radical (unpaired) electrons. The zero-order valence-corrected chi connectivity index (χ0v) is 10.6. The third kappa shape index (κ3) is 2.99. The Morgan fingerprint density at radius 3 is 3.22 bits per heavy atom. The van der Waals surface area contributed by atoms with Crippen molar-refractivity contribution in [3.05, 3.63) is 22.4 Å². The van der Waals surface area contributed by atoms with Gasteiger partial charge in [-0.3, -0.25) is 4.79 Å². The van der Waals surface area contributed by atoms with Crippen LogP contribution >= 0.6 is 11.3 Å². The monoisotopic (exact) mass is 269 g/mol. The standard InChI is InChI=1S/C11H15N3O3S/c12-11(13-16)9-6-14(2-3-17-9)10(15)5-8-1-4-18-7-8/h1,4,7,9,16H,2-3,5-6H2,(H2,12,13). The first kappa shape index (κ1) is 12.8. The van der Waals surface area contributed by atoms with Crippen molar-refractivity contribution in [3.8, 4) is 0 Å². The molecule has 0 aliphatic carbocycles. The molecular formula is C11H15N3O3S. The van der Waals surface area contributed by atoms with Crippen LogP contribution in [-0.2, 0) is 16.0 Å². The number of nitrogens with zero attached hydrogens (tertiary/aromatic N) is 2. The second-order valence-electron chi connectivity index (χ2n) is 4.03. The van der Waals surface area contributed by atoms with Crippen molar-refractivity contribution in [3.63, 3.8) is 0 Å². The van der Waals surface area contributed by atoms with E-state index in [-0.39, 0.29) is 11.7 Å². The zero-order valence-electron chi connectivity index (χ0n) is 9.78. The topological polar surface area (TPSA) is 88.2 Å². The average Bonchev–Trinajstić information content (AvgIpc) is 2.90. The van der Waals surface area contributed by atoms with E-state index in [9.17, 15) is 4.79 Å². The van der Waals surface area contributed by atoms with E-state index in [0.29, 0.717) is 26.1 Å². The molecule has 1 aromatic heterocycles. The van der Waals surface area contributed by atoms with E-state index >= 15 is 0 Å². The summed E-state index contributed by atoms with van der Waals surface area (Å²) in [7, 11) is 0.